The number of ether oxygens (including phenoxy) is 1. The van der Waals surface area contributed by atoms with Gasteiger partial charge in [0, 0.05) is 17.9 Å². The summed E-state index contributed by atoms with van der Waals surface area (Å²) in [6.07, 6.45) is 2.78. The van der Waals surface area contributed by atoms with Crippen LogP contribution in [0.15, 0.2) is 42.6 Å². The molecule has 106 valence electrons. The molecule has 0 bridgehead atoms. The lowest BCUT2D eigenvalue weighted by molar-refractivity contribution is 0.405. The highest BCUT2D eigenvalue weighted by molar-refractivity contribution is 5.35. The van der Waals surface area contributed by atoms with Crippen molar-refractivity contribution in [3.63, 3.8) is 0 Å². The number of nitrogens with one attached hydrogen (secondary N) is 1. The second-order valence-corrected chi connectivity index (χ2v) is 4.86. The smallest absolute Gasteiger partial charge is 0.122 e. The number of methoxy groups -OCH3 is 1. The number of para-hydroxylation sites is 1. The lowest BCUT2D eigenvalue weighted by atomic mass is 9.98. The molecule has 0 aliphatic carbocycles. The Hall–Kier alpha value is -1.87. The van der Waals surface area contributed by atoms with Gasteiger partial charge in [-0.05, 0) is 49.2 Å². The Morgan fingerprint density at radius 1 is 1.25 bits per heavy atom. The van der Waals surface area contributed by atoms with Gasteiger partial charge in [-0.2, -0.15) is 0 Å². The van der Waals surface area contributed by atoms with Gasteiger partial charge in [0.15, 0.2) is 0 Å². The molecule has 1 heterocycles. The Morgan fingerprint density at radius 3 is 2.75 bits per heavy atom. The van der Waals surface area contributed by atoms with Crippen LogP contribution in [0.2, 0.25) is 0 Å². The molecule has 3 nitrogen and oxygen atoms in total. The van der Waals surface area contributed by atoms with Crippen LogP contribution in [-0.2, 0) is 6.42 Å². The molecule has 1 atom stereocenters. The van der Waals surface area contributed by atoms with Gasteiger partial charge in [-0.25, -0.2) is 0 Å². The minimum atomic E-state index is 0.276. The minimum Gasteiger partial charge on any atom is -0.496 e. The molecule has 0 spiro atoms. The zero-order valence-electron chi connectivity index (χ0n) is 12.4. The van der Waals surface area contributed by atoms with Gasteiger partial charge in [0.25, 0.3) is 0 Å². The molecule has 1 N–H and O–H groups in total. The molecule has 20 heavy (non-hydrogen) atoms. The van der Waals surface area contributed by atoms with Crippen molar-refractivity contribution in [1.29, 1.82) is 0 Å². The standard InChI is InChI=1S/C17H22N2O/c1-4-18-16(14-9-10-19-13(2)11-14)12-15-7-5-6-8-17(15)20-3/h5-11,16,18H,4,12H2,1-3H3. The summed E-state index contributed by atoms with van der Waals surface area (Å²) in [7, 11) is 1.72. The minimum absolute atomic E-state index is 0.276. The summed E-state index contributed by atoms with van der Waals surface area (Å²) >= 11 is 0. The zero-order valence-corrected chi connectivity index (χ0v) is 12.4. The van der Waals surface area contributed by atoms with Gasteiger partial charge >= 0.3 is 0 Å². The molecule has 1 aromatic heterocycles. The summed E-state index contributed by atoms with van der Waals surface area (Å²) in [5.41, 5.74) is 3.53. The van der Waals surface area contributed by atoms with Crippen LogP contribution in [0.1, 0.15) is 29.8 Å². The first-order chi connectivity index (χ1) is 9.74. The first-order valence-corrected chi connectivity index (χ1v) is 7.02. The molecule has 0 fully saturated rings. The zero-order chi connectivity index (χ0) is 14.4. The molecule has 0 saturated heterocycles. The number of likely N-dealkylation sites (N-methyl/N-ethyl adjacent to an activating group) is 1. The highest BCUT2D eigenvalue weighted by atomic mass is 16.5. The van der Waals surface area contributed by atoms with Crippen molar-refractivity contribution in [3.8, 4) is 5.75 Å². The van der Waals surface area contributed by atoms with Crippen LogP contribution in [0.5, 0.6) is 5.75 Å². The van der Waals surface area contributed by atoms with Crippen molar-refractivity contribution < 1.29 is 4.74 Å². The van der Waals surface area contributed by atoms with Gasteiger partial charge in [0.1, 0.15) is 5.75 Å². The Morgan fingerprint density at radius 2 is 2.05 bits per heavy atom. The summed E-state index contributed by atoms with van der Waals surface area (Å²) in [4.78, 5) is 4.27. The average Bonchev–Trinajstić information content (AvgIpc) is 2.47. The number of pyridine rings is 1. The molecule has 0 radical (unpaired) electrons. The molecule has 0 saturated carbocycles. The number of hydrogen-bond donors (Lipinski definition) is 1. The predicted molar refractivity (Wildman–Crippen MR) is 82.1 cm³/mol. The number of hydrogen-bond acceptors (Lipinski definition) is 3. The Kier molecular flexibility index (Phi) is 5.13. The van der Waals surface area contributed by atoms with E-state index in [4.69, 9.17) is 4.74 Å². The Labute approximate surface area is 121 Å². The maximum Gasteiger partial charge on any atom is 0.122 e. The fraction of sp³-hybridized carbons (Fsp3) is 0.353. The number of aromatic nitrogens is 1. The Bertz CT molecular complexity index is 554. The quantitative estimate of drug-likeness (QED) is 0.874. The molecular weight excluding hydrogens is 248 g/mol. The number of nitrogens with zero attached hydrogens (tertiary/aromatic N) is 1. The van der Waals surface area contributed by atoms with Gasteiger partial charge in [-0.3, -0.25) is 4.98 Å². The highest BCUT2D eigenvalue weighted by Crippen LogP contribution is 2.25. The van der Waals surface area contributed by atoms with E-state index in [1.54, 1.807) is 7.11 Å². The average molecular weight is 270 g/mol. The van der Waals surface area contributed by atoms with E-state index in [0.29, 0.717) is 0 Å². The molecule has 0 amide bonds. The van der Waals surface area contributed by atoms with E-state index in [-0.39, 0.29) is 6.04 Å². The van der Waals surface area contributed by atoms with Gasteiger partial charge in [0.05, 0.1) is 7.11 Å². The lowest BCUT2D eigenvalue weighted by Gasteiger charge is -2.20. The fourth-order valence-electron chi connectivity index (χ4n) is 2.43. The first-order valence-electron chi connectivity index (χ1n) is 7.02. The van der Waals surface area contributed by atoms with E-state index in [0.717, 1.165) is 24.4 Å². The van der Waals surface area contributed by atoms with Crippen molar-refractivity contribution in [3.05, 3.63) is 59.4 Å². The maximum absolute atomic E-state index is 5.44. The van der Waals surface area contributed by atoms with E-state index < -0.39 is 0 Å². The summed E-state index contributed by atoms with van der Waals surface area (Å²) < 4.78 is 5.44. The molecule has 1 unspecified atom stereocenters. The molecule has 0 aliphatic heterocycles. The predicted octanol–water partition coefficient (Wildman–Crippen LogP) is 3.29. The van der Waals surface area contributed by atoms with Crippen LogP contribution in [0.4, 0.5) is 0 Å². The van der Waals surface area contributed by atoms with Crippen molar-refractivity contribution in [2.45, 2.75) is 26.3 Å². The van der Waals surface area contributed by atoms with Crippen LogP contribution in [0.25, 0.3) is 0 Å². The van der Waals surface area contributed by atoms with E-state index in [1.807, 2.05) is 25.3 Å². The van der Waals surface area contributed by atoms with Crippen LogP contribution in [0.3, 0.4) is 0 Å². The number of benzene rings is 1. The normalized spacial score (nSPS) is 12.2. The van der Waals surface area contributed by atoms with Crippen LogP contribution >= 0.6 is 0 Å². The lowest BCUT2D eigenvalue weighted by Crippen LogP contribution is -2.23. The van der Waals surface area contributed by atoms with Gasteiger partial charge in [-0.15, -0.1) is 0 Å². The van der Waals surface area contributed by atoms with Gasteiger partial charge < -0.3 is 10.1 Å². The largest absolute Gasteiger partial charge is 0.496 e. The molecule has 0 aliphatic rings. The fourth-order valence-corrected chi connectivity index (χ4v) is 2.43. The maximum atomic E-state index is 5.44. The van der Waals surface area contributed by atoms with E-state index in [9.17, 15) is 0 Å². The molecule has 3 heteroatoms. The van der Waals surface area contributed by atoms with E-state index >= 15 is 0 Å². The number of aryl methyl sites for hydroxylation is 1. The van der Waals surface area contributed by atoms with Crippen molar-refractivity contribution in [2.24, 2.45) is 0 Å². The molecule has 1 aromatic carbocycles. The SMILES string of the molecule is CCNC(Cc1ccccc1OC)c1ccnc(C)c1. The summed E-state index contributed by atoms with van der Waals surface area (Å²) in [6, 6.07) is 12.7. The van der Waals surface area contributed by atoms with Crippen molar-refractivity contribution in [2.75, 3.05) is 13.7 Å². The first kappa shape index (κ1) is 14.5. The summed E-state index contributed by atoms with van der Waals surface area (Å²) in [5, 5.41) is 3.54. The van der Waals surface area contributed by atoms with Crippen molar-refractivity contribution >= 4 is 0 Å². The van der Waals surface area contributed by atoms with Crippen LogP contribution in [-0.4, -0.2) is 18.6 Å². The van der Waals surface area contributed by atoms with E-state index in [1.165, 1.54) is 11.1 Å². The third-order valence-electron chi connectivity index (χ3n) is 3.39. The van der Waals surface area contributed by atoms with Crippen molar-refractivity contribution in [1.82, 2.24) is 10.3 Å². The second kappa shape index (κ2) is 7.06. The molecule has 2 rings (SSSR count). The Balaban J connectivity index is 2.25. The number of rotatable bonds is 6. The second-order valence-electron chi connectivity index (χ2n) is 4.86. The monoisotopic (exact) mass is 270 g/mol. The summed E-state index contributed by atoms with van der Waals surface area (Å²) in [5.74, 6) is 0.946. The topological polar surface area (TPSA) is 34.1 Å². The highest BCUT2D eigenvalue weighted by Gasteiger charge is 2.14. The molecular formula is C17H22N2O. The third-order valence-corrected chi connectivity index (χ3v) is 3.39. The summed E-state index contributed by atoms with van der Waals surface area (Å²) in [6.45, 7) is 5.08. The third kappa shape index (κ3) is 3.58. The van der Waals surface area contributed by atoms with Gasteiger partial charge in [-0.1, -0.05) is 25.1 Å². The van der Waals surface area contributed by atoms with E-state index in [2.05, 4.69) is 41.5 Å². The van der Waals surface area contributed by atoms with Gasteiger partial charge in [0.2, 0.25) is 0 Å². The van der Waals surface area contributed by atoms with Crippen LogP contribution in [0, 0.1) is 6.92 Å². The molecule has 2 aromatic rings. The van der Waals surface area contributed by atoms with Crippen LogP contribution < -0.4 is 10.1 Å².